The molecule has 36 heteroatoms. The van der Waals surface area contributed by atoms with Gasteiger partial charge in [-0.05, 0) is 129 Å². The maximum absolute atomic E-state index is 15.3. The summed E-state index contributed by atoms with van der Waals surface area (Å²) in [5.41, 5.74) is 2.73. The number of hydrogen-bond acceptors (Lipinski definition) is 19. The molecular formula is C66H78Br3F6N15O10Si2. The summed E-state index contributed by atoms with van der Waals surface area (Å²) in [5.74, 6) is -6.08. The fourth-order valence-corrected chi connectivity index (χ4v) is 13.8. The molecule has 0 fully saturated rings. The molecule has 11 rings (SSSR count). The first-order valence-electron chi connectivity index (χ1n) is 32.5. The van der Waals surface area contributed by atoms with Crippen LogP contribution >= 0.6 is 47.8 Å². The first kappa shape index (κ1) is 78.0. The number of aliphatic hydroxyl groups excluding tert-OH is 1. The summed E-state index contributed by atoms with van der Waals surface area (Å²) in [6.45, 7) is 23.9. The predicted octanol–water partition coefficient (Wildman–Crippen LogP) is 13.6. The summed E-state index contributed by atoms with van der Waals surface area (Å²) in [6.07, 6.45) is 3.22. The molecule has 25 nitrogen and oxygen atoms in total. The average Bonchev–Trinajstić information content (AvgIpc) is 1.50. The lowest BCUT2D eigenvalue weighted by atomic mass is 10.1. The average molecular weight is 1650 g/mol. The molecule has 0 spiro atoms. The van der Waals surface area contributed by atoms with Crippen LogP contribution in [0.3, 0.4) is 0 Å². The van der Waals surface area contributed by atoms with Crippen LogP contribution in [0, 0.1) is 34.9 Å². The number of amides is 3. The molecule has 3 aliphatic rings. The lowest BCUT2D eigenvalue weighted by Crippen LogP contribution is -2.49. The molecule has 8 aromatic rings. The van der Waals surface area contributed by atoms with Gasteiger partial charge in [0.05, 0.1) is 70.6 Å². The Hall–Kier alpha value is -8.14. The highest BCUT2D eigenvalue weighted by molar-refractivity contribution is 9.11. The molecule has 0 unspecified atom stereocenters. The topological polar surface area (TPSA) is 313 Å². The maximum Gasteiger partial charge on any atom is 0.333 e. The highest BCUT2D eigenvalue weighted by atomic mass is 79.9. The van der Waals surface area contributed by atoms with Crippen molar-refractivity contribution in [2.75, 3.05) is 66.0 Å². The van der Waals surface area contributed by atoms with E-state index in [0.717, 1.165) is 0 Å². The Kier molecular flexibility index (Phi) is 25.0. The van der Waals surface area contributed by atoms with Crippen LogP contribution in [0.4, 0.5) is 77.3 Å². The van der Waals surface area contributed by atoms with Gasteiger partial charge in [-0.3, -0.25) is 24.6 Å². The van der Waals surface area contributed by atoms with Gasteiger partial charge >= 0.3 is 18.1 Å². The number of benzene rings is 3. The number of aliphatic hydroxyl groups is 1. The Labute approximate surface area is 609 Å². The van der Waals surface area contributed by atoms with Crippen molar-refractivity contribution in [2.24, 2.45) is 0 Å². The minimum absolute atomic E-state index is 0.00570. The molecule has 0 saturated carbocycles. The molecule has 8 heterocycles. The Morgan fingerprint density at radius 1 is 0.539 bits per heavy atom. The molecule has 9 N–H and O–H groups in total. The van der Waals surface area contributed by atoms with Crippen molar-refractivity contribution in [1.29, 1.82) is 0 Å². The van der Waals surface area contributed by atoms with Crippen LogP contribution in [0.2, 0.25) is 36.3 Å². The molecule has 3 aromatic carbocycles. The standard InChI is InChI=1S/C24H32BrF2N5O4Si.C24H30BrF2N5O3Si.C18H16BrF2N5O3/c1-24(2,3)37(4,5)36-12-10-28-23(35)31-30-21(33)18-17-7-6-11-32(17)22(34)19(27)20(18)29-16-9-8-14(25)13-15(16)26;1-24(2,3)36(4,5)34-12-10-28-23-31-30-21(35-23)18-17-7-6-11-32(17)22(33)19(27)20(18)29-16-9-8-14(25)13-15(16)26;19-9-3-4-11(10(20)8-9)23-15-13(16-24-25-18(29-16)22-5-7-27)12-2-1-6-26(12)17(28)14(15)21/h8-9,13,29H,6-7,10-12H2,1-5H3,(H,30,33)(H2,28,31,35);8-9,13,29H,6-7,10-12H2,1-5H3,(H,28,31);3-4,8,23,27H,1-2,5-7H2,(H,22,25). The van der Waals surface area contributed by atoms with Crippen LogP contribution in [0.15, 0.2) is 91.2 Å². The van der Waals surface area contributed by atoms with Crippen molar-refractivity contribution in [2.45, 2.75) is 136 Å². The second-order valence-corrected chi connectivity index (χ2v) is 39.3. The number of hydrazine groups is 1. The third kappa shape index (κ3) is 17.9. The molecule has 102 heavy (non-hydrogen) atoms. The third-order valence-corrected chi connectivity index (χ3v) is 28.6. The number of carbonyl (C=O) groups is 2. The number of nitrogens with zero attached hydrogens (tertiary/aromatic N) is 7. The number of urea groups is 1. The van der Waals surface area contributed by atoms with E-state index in [1.165, 1.54) is 56.2 Å². The largest absolute Gasteiger partial charge is 0.415 e. The number of anilines is 8. The van der Waals surface area contributed by atoms with E-state index in [-0.39, 0.29) is 105 Å². The van der Waals surface area contributed by atoms with E-state index in [0.29, 0.717) is 102 Å². The molecule has 0 radical (unpaired) electrons. The minimum Gasteiger partial charge on any atom is -0.415 e. The highest BCUT2D eigenvalue weighted by Crippen LogP contribution is 2.42. The second-order valence-electron chi connectivity index (χ2n) is 26.9. The fourth-order valence-electron chi connectivity index (χ4n) is 10.7. The summed E-state index contributed by atoms with van der Waals surface area (Å²) in [6, 6.07) is 12.1. The number of aromatic nitrogens is 7. The van der Waals surface area contributed by atoms with E-state index in [9.17, 15) is 37.1 Å². The van der Waals surface area contributed by atoms with Crippen LogP contribution in [0.25, 0.3) is 22.9 Å². The van der Waals surface area contributed by atoms with Crippen LogP contribution in [-0.4, -0.2) is 107 Å². The Morgan fingerprint density at radius 3 is 1.31 bits per heavy atom. The summed E-state index contributed by atoms with van der Waals surface area (Å²) < 4.78 is 118. The van der Waals surface area contributed by atoms with Gasteiger partial charge < -0.3 is 68.4 Å². The Morgan fingerprint density at radius 2 is 0.912 bits per heavy atom. The van der Waals surface area contributed by atoms with E-state index in [2.05, 4.69) is 179 Å². The van der Waals surface area contributed by atoms with Crippen molar-refractivity contribution < 1.29 is 58.7 Å². The van der Waals surface area contributed by atoms with Crippen molar-refractivity contribution >= 4 is 123 Å². The maximum atomic E-state index is 15.3. The van der Waals surface area contributed by atoms with Gasteiger partial charge in [-0.25, -0.2) is 23.4 Å². The summed E-state index contributed by atoms with van der Waals surface area (Å²) in [4.78, 5) is 63.0. The zero-order valence-corrected chi connectivity index (χ0v) is 64.2. The van der Waals surface area contributed by atoms with Gasteiger partial charge in [-0.1, -0.05) is 99.5 Å². The fraction of sp³-hybridized carbons (Fsp3) is 0.409. The molecule has 3 amide bonds. The number of pyridine rings is 3. The highest BCUT2D eigenvalue weighted by Gasteiger charge is 2.39. The Bertz CT molecular complexity index is 4640. The van der Waals surface area contributed by atoms with Crippen LogP contribution < -0.4 is 59.4 Å². The molecule has 0 aliphatic carbocycles. The second kappa shape index (κ2) is 32.7. The van der Waals surface area contributed by atoms with E-state index in [1.54, 1.807) is 12.1 Å². The van der Waals surface area contributed by atoms with Gasteiger partial charge in [0.2, 0.25) is 17.5 Å². The van der Waals surface area contributed by atoms with E-state index >= 15 is 13.2 Å². The number of carbonyl (C=O) groups excluding carboxylic acids is 2. The molecule has 0 atom stereocenters. The van der Waals surface area contributed by atoms with Gasteiger partial charge in [0.15, 0.2) is 16.6 Å². The third-order valence-electron chi connectivity index (χ3n) is 18.0. The summed E-state index contributed by atoms with van der Waals surface area (Å²) >= 11 is 9.53. The van der Waals surface area contributed by atoms with Crippen molar-refractivity contribution in [3.63, 3.8) is 0 Å². The van der Waals surface area contributed by atoms with E-state index in [4.69, 9.17) is 22.8 Å². The predicted molar refractivity (Wildman–Crippen MR) is 390 cm³/mol. The van der Waals surface area contributed by atoms with Gasteiger partial charge in [0.25, 0.3) is 34.4 Å². The number of hydrogen-bond donors (Lipinski definition) is 9. The molecule has 0 saturated heterocycles. The Balaban J connectivity index is 0.000000179. The summed E-state index contributed by atoms with van der Waals surface area (Å²) in [7, 11) is -3.85. The number of fused-ring (bicyclic) bond motifs is 3. The van der Waals surface area contributed by atoms with Crippen molar-refractivity contribution in [3.8, 4) is 22.9 Å². The molecule has 3 aliphatic heterocycles. The minimum atomic E-state index is -1.96. The van der Waals surface area contributed by atoms with E-state index in [1.807, 2.05) is 0 Å². The smallest absolute Gasteiger partial charge is 0.333 e. The monoisotopic (exact) mass is 1650 g/mol. The van der Waals surface area contributed by atoms with Crippen molar-refractivity contribution in [1.82, 2.24) is 50.3 Å². The molecular weight excluding hydrogens is 1570 g/mol. The zero-order valence-electron chi connectivity index (χ0n) is 57.5. The van der Waals surface area contributed by atoms with Gasteiger partial charge in [-0.2, -0.15) is 13.2 Å². The lowest BCUT2D eigenvalue weighted by molar-refractivity contribution is 0.0934. The summed E-state index contributed by atoms with van der Waals surface area (Å²) in [5, 5.41) is 41.3. The van der Waals surface area contributed by atoms with Gasteiger partial charge in [0.1, 0.15) is 17.5 Å². The zero-order chi connectivity index (χ0) is 74.3. The lowest BCUT2D eigenvalue weighted by Gasteiger charge is -2.36. The van der Waals surface area contributed by atoms with Crippen LogP contribution in [0.5, 0.6) is 0 Å². The first-order valence-corrected chi connectivity index (χ1v) is 40.7. The van der Waals surface area contributed by atoms with Crippen molar-refractivity contribution in [3.05, 3.63) is 157 Å². The normalized spacial score (nSPS) is 13.3. The van der Waals surface area contributed by atoms with Gasteiger partial charge in [-0.15, -0.1) is 10.2 Å². The van der Waals surface area contributed by atoms with E-state index < -0.39 is 85.8 Å². The van der Waals surface area contributed by atoms with Crippen LogP contribution in [0.1, 0.15) is 88.2 Å². The molecule has 5 aromatic heterocycles. The van der Waals surface area contributed by atoms with Gasteiger partial charge in [0, 0.05) is 69.8 Å². The van der Waals surface area contributed by atoms with Crippen LogP contribution in [-0.2, 0) is 47.7 Å². The number of nitrogens with one attached hydrogen (secondary N) is 8. The molecule has 548 valence electrons. The SMILES string of the molecule is CC(C)(C)[Si](C)(C)OCCNC(=O)NNC(=O)c1c(Nc2ccc(Br)cc2F)c(F)c(=O)n2c1CCC2.CC(C)(C)[Si](C)(C)OCCNc1nnc(-c2c(Nc3ccc(Br)cc3F)c(F)c(=O)n3c2CCC3)o1.O=c1c(F)c(Nc2ccc(Br)cc2F)c(-c2nnc(NCCO)o2)c2n1CCC2. The first-order chi connectivity index (χ1) is 48.1. The number of rotatable bonds is 21. The molecule has 0 bridgehead atoms. The number of halogens is 9. The quantitative estimate of drug-likeness (QED) is 0.0140.